The number of amides is 1. The predicted molar refractivity (Wildman–Crippen MR) is 119 cm³/mol. The largest absolute Gasteiger partial charge is 0.481 e. The Hall–Kier alpha value is -3.92. The number of carbonyl (C=O) groups is 1. The van der Waals surface area contributed by atoms with Gasteiger partial charge in [0.2, 0.25) is 0 Å². The van der Waals surface area contributed by atoms with Gasteiger partial charge in [0.15, 0.2) is 6.10 Å². The van der Waals surface area contributed by atoms with Gasteiger partial charge in [-0.15, -0.1) is 16.4 Å². The summed E-state index contributed by atoms with van der Waals surface area (Å²) < 4.78 is 12.6. The van der Waals surface area contributed by atoms with Crippen molar-refractivity contribution in [2.24, 2.45) is 5.73 Å². The Kier molecular flexibility index (Phi) is 5.80. The number of ether oxygens (including phenoxy) is 2. The van der Waals surface area contributed by atoms with Crippen molar-refractivity contribution in [3.8, 4) is 5.75 Å². The number of nitrogen functional groups attached to an aromatic ring is 1. The summed E-state index contributed by atoms with van der Waals surface area (Å²) >= 11 is 1.42. The van der Waals surface area contributed by atoms with Crippen molar-refractivity contribution in [1.82, 2.24) is 15.2 Å². The second kappa shape index (κ2) is 8.84. The Labute approximate surface area is 181 Å². The maximum Gasteiger partial charge on any atom is 0.414 e. The van der Waals surface area contributed by atoms with Crippen LogP contribution in [-0.2, 0) is 4.74 Å². The molecule has 2 heterocycles. The molecule has 4 rings (SSSR count). The van der Waals surface area contributed by atoms with E-state index in [0.29, 0.717) is 16.5 Å². The highest BCUT2D eigenvalue weighted by molar-refractivity contribution is 7.20. The van der Waals surface area contributed by atoms with E-state index in [2.05, 4.69) is 20.5 Å². The first kappa shape index (κ1) is 20.4. The number of rotatable bonds is 7. The Bertz CT molecular complexity index is 1220. The van der Waals surface area contributed by atoms with E-state index in [1.165, 1.54) is 11.3 Å². The minimum Gasteiger partial charge on any atom is -0.481 e. The average molecular weight is 436 g/mol. The van der Waals surface area contributed by atoms with Gasteiger partial charge in [-0.3, -0.25) is 15.8 Å². The number of fused-ring (bicyclic) bond motifs is 1. The van der Waals surface area contributed by atoms with Crippen LogP contribution in [0.5, 0.6) is 5.75 Å². The van der Waals surface area contributed by atoms with Crippen LogP contribution in [-0.4, -0.2) is 33.7 Å². The smallest absolute Gasteiger partial charge is 0.414 e. The third-order valence-corrected chi connectivity index (χ3v) is 5.54. The van der Waals surface area contributed by atoms with Crippen LogP contribution in [0.3, 0.4) is 0 Å². The highest BCUT2D eigenvalue weighted by atomic mass is 32.1. The molecule has 0 fully saturated rings. The lowest BCUT2D eigenvalue weighted by Gasteiger charge is -2.20. The number of aromatic nitrogens is 3. The average Bonchev–Trinajstić information content (AvgIpc) is 3.38. The number of H-pyrrole nitrogens is 1. The number of thiophene rings is 1. The first-order chi connectivity index (χ1) is 15.0. The van der Waals surface area contributed by atoms with Crippen molar-refractivity contribution in [3.63, 3.8) is 0 Å². The lowest BCUT2D eigenvalue weighted by molar-refractivity contribution is 0.0909. The van der Waals surface area contributed by atoms with Crippen LogP contribution >= 0.6 is 11.3 Å². The Balaban J connectivity index is 1.54. The first-order valence-electron chi connectivity index (χ1n) is 9.41. The normalized spacial score (nSPS) is 11.8. The van der Waals surface area contributed by atoms with Gasteiger partial charge in [0.1, 0.15) is 24.0 Å². The molecule has 0 saturated heterocycles. The monoisotopic (exact) mass is 436 g/mol. The lowest BCUT2D eigenvalue weighted by atomic mass is 10.1. The molecule has 0 bridgehead atoms. The fraction of sp³-hybridized carbons (Fsp3) is 0.143. The molecular formula is C21H20N6O3S. The highest BCUT2D eigenvalue weighted by Gasteiger charge is 2.19. The molecule has 0 spiro atoms. The van der Waals surface area contributed by atoms with Crippen LogP contribution < -0.4 is 15.8 Å². The van der Waals surface area contributed by atoms with Gasteiger partial charge in [-0.25, -0.2) is 4.79 Å². The minimum absolute atomic E-state index is 0.00831. The topological polar surface area (TPSA) is 139 Å². The van der Waals surface area contributed by atoms with E-state index in [4.69, 9.17) is 20.6 Å². The molecule has 10 heteroatoms. The molecule has 0 aliphatic rings. The van der Waals surface area contributed by atoms with Crippen LogP contribution in [0, 0.1) is 12.3 Å². The molecule has 1 unspecified atom stereocenters. The van der Waals surface area contributed by atoms with Gasteiger partial charge in [-0.05, 0) is 30.7 Å². The zero-order valence-corrected chi connectivity index (χ0v) is 17.4. The van der Waals surface area contributed by atoms with Crippen LogP contribution in [0.1, 0.15) is 22.4 Å². The van der Waals surface area contributed by atoms with E-state index in [0.717, 1.165) is 15.6 Å². The molecule has 0 aliphatic heterocycles. The number of benzene rings is 2. The zero-order chi connectivity index (χ0) is 21.8. The summed E-state index contributed by atoms with van der Waals surface area (Å²) in [5.74, 6) is 1.34. The standard InChI is InChI=1S/C21H20N6O3S/c1-12-24-20(27-26-12)25-21(28)29-11-16(13-6-3-2-4-7-13)30-15-8-5-9-17-14(15)10-18(31-17)19(22)23/h2-10,16H,11H2,1H3,(H3,22,23)(H2,24,25,26,27,28). The summed E-state index contributed by atoms with van der Waals surface area (Å²) in [4.78, 5) is 16.9. The predicted octanol–water partition coefficient (Wildman–Crippen LogP) is 3.98. The van der Waals surface area contributed by atoms with Crippen molar-refractivity contribution in [2.45, 2.75) is 13.0 Å². The second-order valence-electron chi connectivity index (χ2n) is 6.68. The van der Waals surface area contributed by atoms with Crippen molar-refractivity contribution in [2.75, 3.05) is 11.9 Å². The van der Waals surface area contributed by atoms with E-state index >= 15 is 0 Å². The number of nitrogens with zero attached hydrogens (tertiary/aromatic N) is 2. The molecule has 31 heavy (non-hydrogen) atoms. The van der Waals surface area contributed by atoms with E-state index in [-0.39, 0.29) is 18.4 Å². The molecule has 5 N–H and O–H groups in total. The maximum atomic E-state index is 12.2. The van der Waals surface area contributed by atoms with E-state index in [9.17, 15) is 4.79 Å². The fourth-order valence-corrected chi connectivity index (χ4v) is 3.91. The number of carbonyl (C=O) groups excluding carboxylic acids is 1. The molecule has 4 aromatic rings. The van der Waals surface area contributed by atoms with Crippen LogP contribution in [0.25, 0.3) is 10.1 Å². The van der Waals surface area contributed by atoms with Crippen LogP contribution in [0.4, 0.5) is 10.7 Å². The summed E-state index contributed by atoms with van der Waals surface area (Å²) in [6.07, 6.45) is -1.23. The molecule has 0 saturated carbocycles. The Morgan fingerprint density at radius 1 is 1.26 bits per heavy atom. The molecule has 0 radical (unpaired) electrons. The van der Waals surface area contributed by atoms with Crippen LogP contribution in [0.15, 0.2) is 54.6 Å². The number of aryl methyl sites for hydroxylation is 1. The van der Waals surface area contributed by atoms with Crippen molar-refractivity contribution < 1.29 is 14.3 Å². The number of nitrogens with one attached hydrogen (secondary N) is 3. The second-order valence-corrected chi connectivity index (χ2v) is 7.76. The maximum absolute atomic E-state index is 12.2. The third kappa shape index (κ3) is 4.81. The summed E-state index contributed by atoms with van der Waals surface area (Å²) in [6, 6.07) is 17.0. The fourth-order valence-electron chi connectivity index (χ4n) is 2.97. The highest BCUT2D eigenvalue weighted by Crippen LogP contribution is 2.35. The number of anilines is 1. The van der Waals surface area contributed by atoms with Crippen molar-refractivity contribution in [3.05, 3.63) is 70.9 Å². The quantitative estimate of drug-likeness (QED) is 0.255. The minimum atomic E-state index is -0.684. The first-order valence-corrected chi connectivity index (χ1v) is 10.2. The molecule has 2 aromatic carbocycles. The van der Waals surface area contributed by atoms with Gasteiger partial charge in [-0.2, -0.15) is 4.98 Å². The van der Waals surface area contributed by atoms with Gasteiger partial charge in [0, 0.05) is 10.1 Å². The Morgan fingerprint density at radius 2 is 2.06 bits per heavy atom. The molecule has 1 amide bonds. The molecule has 1 atom stereocenters. The molecule has 9 nitrogen and oxygen atoms in total. The molecule has 2 aromatic heterocycles. The summed E-state index contributed by atoms with van der Waals surface area (Å²) in [6.45, 7) is 1.70. The van der Waals surface area contributed by atoms with Gasteiger partial charge < -0.3 is 15.2 Å². The number of aromatic amines is 1. The number of hydrogen-bond donors (Lipinski definition) is 4. The Morgan fingerprint density at radius 3 is 2.77 bits per heavy atom. The number of amidine groups is 1. The summed E-state index contributed by atoms with van der Waals surface area (Å²) in [5, 5.41) is 17.5. The number of hydrogen-bond acceptors (Lipinski definition) is 7. The molecule has 0 aliphatic carbocycles. The van der Waals surface area contributed by atoms with Crippen LogP contribution in [0.2, 0.25) is 0 Å². The SMILES string of the molecule is Cc1nc(NC(=O)OCC(Oc2cccc3sc(C(=N)N)cc23)c2ccccc2)n[nH]1. The van der Waals surface area contributed by atoms with Gasteiger partial charge in [-0.1, -0.05) is 36.4 Å². The number of nitrogens with two attached hydrogens (primary N) is 1. The van der Waals surface area contributed by atoms with Gasteiger partial charge in [0.25, 0.3) is 5.95 Å². The van der Waals surface area contributed by atoms with Gasteiger partial charge >= 0.3 is 6.09 Å². The summed E-state index contributed by atoms with van der Waals surface area (Å²) in [5.41, 5.74) is 6.49. The van der Waals surface area contributed by atoms with Crippen molar-refractivity contribution in [1.29, 1.82) is 5.41 Å². The molecular weight excluding hydrogens is 416 g/mol. The summed E-state index contributed by atoms with van der Waals surface area (Å²) in [7, 11) is 0. The van der Waals surface area contributed by atoms with E-state index in [1.54, 1.807) is 6.92 Å². The third-order valence-electron chi connectivity index (χ3n) is 4.40. The van der Waals surface area contributed by atoms with E-state index < -0.39 is 12.2 Å². The van der Waals surface area contributed by atoms with Crippen molar-refractivity contribution >= 4 is 39.3 Å². The molecule has 158 valence electrons. The lowest BCUT2D eigenvalue weighted by Crippen LogP contribution is -2.21. The van der Waals surface area contributed by atoms with E-state index in [1.807, 2.05) is 54.6 Å². The zero-order valence-electron chi connectivity index (χ0n) is 16.6. The van der Waals surface area contributed by atoms with Gasteiger partial charge in [0.05, 0.1) is 4.88 Å².